The van der Waals surface area contributed by atoms with Gasteiger partial charge in [-0.25, -0.2) is 0 Å². The highest BCUT2D eigenvalue weighted by Gasteiger charge is 2.18. The van der Waals surface area contributed by atoms with Crippen molar-refractivity contribution < 1.29 is 0 Å². The van der Waals surface area contributed by atoms with Crippen LogP contribution in [0.5, 0.6) is 0 Å². The molecule has 1 nitrogen and oxygen atoms in total. The average molecular weight is 144 g/mol. The van der Waals surface area contributed by atoms with Crippen LogP contribution in [0.25, 0.3) is 0 Å². The Morgan fingerprint density at radius 2 is 1.91 bits per heavy atom. The maximum Gasteiger partial charge on any atom is 0.0766 e. The molecule has 0 unspecified atom stereocenters. The largest absolute Gasteiger partial charge is 0.197 e. The van der Waals surface area contributed by atoms with Gasteiger partial charge in [-0.3, -0.25) is 0 Å². The van der Waals surface area contributed by atoms with Crippen molar-refractivity contribution >= 4 is 0 Å². The molecule has 1 heteroatoms. The molecule has 1 aromatic rings. The van der Waals surface area contributed by atoms with E-state index in [4.69, 9.17) is 5.26 Å². The lowest BCUT2D eigenvalue weighted by Gasteiger charge is -2.14. The number of rotatable bonds is 1. The first-order valence-corrected chi connectivity index (χ1v) is 3.54. The van der Waals surface area contributed by atoms with E-state index in [1.807, 2.05) is 38.1 Å². The first-order valence-electron chi connectivity index (χ1n) is 3.54. The van der Waals surface area contributed by atoms with E-state index in [0.29, 0.717) is 0 Å². The third-order valence-corrected chi connectivity index (χ3v) is 1.72. The molecular formula is C10H10N. The Labute approximate surface area is 67.3 Å². The van der Waals surface area contributed by atoms with Crippen molar-refractivity contribution in [3.8, 4) is 6.07 Å². The Hall–Kier alpha value is -1.29. The van der Waals surface area contributed by atoms with Gasteiger partial charge in [-0.1, -0.05) is 24.3 Å². The van der Waals surface area contributed by atoms with Gasteiger partial charge in [-0.2, -0.15) is 5.26 Å². The topological polar surface area (TPSA) is 23.8 Å². The molecule has 0 aliphatic rings. The van der Waals surface area contributed by atoms with E-state index in [2.05, 4.69) is 12.1 Å². The molecule has 0 heterocycles. The van der Waals surface area contributed by atoms with Gasteiger partial charge < -0.3 is 0 Å². The van der Waals surface area contributed by atoms with Crippen molar-refractivity contribution in [3.63, 3.8) is 0 Å². The van der Waals surface area contributed by atoms with E-state index in [-0.39, 0.29) is 5.41 Å². The van der Waals surface area contributed by atoms with Gasteiger partial charge in [0.25, 0.3) is 0 Å². The minimum atomic E-state index is -0.380. The fraction of sp³-hybridized carbons (Fsp3) is 0.300. The Bertz CT molecular complexity index is 267. The van der Waals surface area contributed by atoms with Crippen LogP contribution in [0.3, 0.4) is 0 Å². The SMILES string of the molecule is CC(C)(C#N)c1cc[c]cc1. The summed E-state index contributed by atoms with van der Waals surface area (Å²) in [5, 5.41) is 8.79. The summed E-state index contributed by atoms with van der Waals surface area (Å²) in [6.07, 6.45) is 0. The predicted molar refractivity (Wildman–Crippen MR) is 43.9 cm³/mol. The summed E-state index contributed by atoms with van der Waals surface area (Å²) >= 11 is 0. The molecule has 55 valence electrons. The third kappa shape index (κ3) is 1.59. The summed E-state index contributed by atoms with van der Waals surface area (Å²) in [5.74, 6) is 0. The molecule has 1 aromatic carbocycles. The fourth-order valence-corrected chi connectivity index (χ4v) is 0.868. The zero-order valence-electron chi connectivity index (χ0n) is 6.76. The van der Waals surface area contributed by atoms with Crippen molar-refractivity contribution in [2.45, 2.75) is 19.3 Å². The lowest BCUT2D eigenvalue weighted by Crippen LogP contribution is -2.13. The lowest BCUT2D eigenvalue weighted by molar-refractivity contribution is 0.687. The first kappa shape index (κ1) is 7.81. The van der Waals surface area contributed by atoms with Gasteiger partial charge in [-0.15, -0.1) is 0 Å². The molecule has 0 atom stereocenters. The van der Waals surface area contributed by atoms with Crippen LogP contribution in [-0.4, -0.2) is 0 Å². The van der Waals surface area contributed by atoms with Gasteiger partial charge in [-0.05, 0) is 25.5 Å². The predicted octanol–water partition coefficient (Wildman–Crippen LogP) is 2.29. The number of hydrogen-bond acceptors (Lipinski definition) is 1. The number of nitrogens with zero attached hydrogens (tertiary/aromatic N) is 1. The van der Waals surface area contributed by atoms with Crippen LogP contribution in [0, 0.1) is 17.4 Å². The quantitative estimate of drug-likeness (QED) is 0.593. The Kier molecular flexibility index (Phi) is 1.96. The second kappa shape index (κ2) is 2.75. The number of nitriles is 1. The third-order valence-electron chi connectivity index (χ3n) is 1.72. The molecule has 0 N–H and O–H groups in total. The van der Waals surface area contributed by atoms with Crippen LogP contribution in [0.2, 0.25) is 0 Å². The fourth-order valence-electron chi connectivity index (χ4n) is 0.868. The van der Waals surface area contributed by atoms with Crippen LogP contribution in [0.1, 0.15) is 19.4 Å². The van der Waals surface area contributed by atoms with Gasteiger partial charge in [0.15, 0.2) is 0 Å². The van der Waals surface area contributed by atoms with Crippen LogP contribution >= 0.6 is 0 Å². The summed E-state index contributed by atoms with van der Waals surface area (Å²) in [6, 6.07) is 12.7. The van der Waals surface area contributed by atoms with Crippen LogP contribution in [0.4, 0.5) is 0 Å². The van der Waals surface area contributed by atoms with Crippen LogP contribution in [0.15, 0.2) is 24.3 Å². The summed E-state index contributed by atoms with van der Waals surface area (Å²) in [7, 11) is 0. The van der Waals surface area contributed by atoms with Gasteiger partial charge in [0.1, 0.15) is 0 Å². The Morgan fingerprint density at radius 3 is 2.36 bits per heavy atom. The molecule has 0 aromatic heterocycles. The van der Waals surface area contributed by atoms with E-state index in [1.54, 1.807) is 0 Å². The standard InChI is InChI=1S/C10H10N/c1-10(2,8-11)9-6-4-3-5-7-9/h4-7H,1-2H3. The minimum absolute atomic E-state index is 0.380. The molecule has 1 rings (SSSR count). The molecule has 0 amide bonds. The smallest absolute Gasteiger partial charge is 0.0766 e. The molecule has 0 fully saturated rings. The molecule has 0 saturated carbocycles. The zero-order valence-corrected chi connectivity index (χ0v) is 6.76. The van der Waals surface area contributed by atoms with Gasteiger partial charge >= 0.3 is 0 Å². The van der Waals surface area contributed by atoms with E-state index in [9.17, 15) is 0 Å². The maximum absolute atomic E-state index is 8.79. The Morgan fingerprint density at radius 1 is 1.36 bits per heavy atom. The lowest BCUT2D eigenvalue weighted by atomic mass is 9.87. The molecule has 11 heavy (non-hydrogen) atoms. The van der Waals surface area contributed by atoms with Crippen molar-refractivity contribution in [3.05, 3.63) is 35.9 Å². The Balaban J connectivity index is 3.05. The monoisotopic (exact) mass is 144 g/mol. The van der Waals surface area contributed by atoms with Gasteiger partial charge in [0, 0.05) is 0 Å². The maximum atomic E-state index is 8.79. The highest BCUT2D eigenvalue weighted by molar-refractivity contribution is 5.29. The second-order valence-electron chi connectivity index (χ2n) is 3.03. The van der Waals surface area contributed by atoms with Crippen molar-refractivity contribution in [1.82, 2.24) is 0 Å². The summed E-state index contributed by atoms with van der Waals surface area (Å²) in [6.45, 7) is 3.81. The van der Waals surface area contributed by atoms with E-state index < -0.39 is 0 Å². The normalized spacial score (nSPS) is 10.6. The van der Waals surface area contributed by atoms with E-state index >= 15 is 0 Å². The summed E-state index contributed by atoms with van der Waals surface area (Å²) in [4.78, 5) is 0. The van der Waals surface area contributed by atoms with Crippen LogP contribution < -0.4 is 0 Å². The van der Waals surface area contributed by atoms with Crippen molar-refractivity contribution in [2.24, 2.45) is 0 Å². The van der Waals surface area contributed by atoms with Crippen LogP contribution in [-0.2, 0) is 5.41 Å². The molecular weight excluding hydrogens is 134 g/mol. The minimum Gasteiger partial charge on any atom is -0.197 e. The van der Waals surface area contributed by atoms with E-state index in [1.165, 1.54) is 0 Å². The molecule has 0 bridgehead atoms. The second-order valence-corrected chi connectivity index (χ2v) is 3.03. The molecule has 0 aliphatic carbocycles. The molecule has 1 radical (unpaired) electrons. The molecule has 0 spiro atoms. The average Bonchev–Trinajstić information content (AvgIpc) is 2.06. The first-order chi connectivity index (χ1) is 5.17. The summed E-state index contributed by atoms with van der Waals surface area (Å²) in [5.41, 5.74) is 0.661. The van der Waals surface area contributed by atoms with Crippen molar-refractivity contribution in [2.75, 3.05) is 0 Å². The molecule has 0 aliphatic heterocycles. The van der Waals surface area contributed by atoms with Gasteiger partial charge in [0.05, 0.1) is 11.5 Å². The van der Waals surface area contributed by atoms with Crippen molar-refractivity contribution in [1.29, 1.82) is 5.26 Å². The van der Waals surface area contributed by atoms with E-state index in [0.717, 1.165) is 5.56 Å². The number of hydrogen-bond donors (Lipinski definition) is 0. The highest BCUT2D eigenvalue weighted by atomic mass is 14.3. The number of benzene rings is 1. The summed E-state index contributed by atoms with van der Waals surface area (Å²) < 4.78 is 0. The molecule has 0 saturated heterocycles. The van der Waals surface area contributed by atoms with Gasteiger partial charge in [0.2, 0.25) is 0 Å². The zero-order chi connectivity index (χ0) is 8.32. The highest BCUT2D eigenvalue weighted by Crippen LogP contribution is 2.20.